The Morgan fingerprint density at radius 2 is 1.94 bits per heavy atom. The molecule has 4 rings (SSSR count). The van der Waals surface area contributed by atoms with Crippen molar-refractivity contribution in [1.29, 1.82) is 5.26 Å². The SMILES string of the molecule is CCC(SC)c1cc2ncc(F)n2cc1-c1ccccn1.N#Cc1c(N)ncnc1N. The van der Waals surface area contributed by atoms with Crippen molar-refractivity contribution in [3.8, 4) is 17.3 Å². The zero-order chi connectivity index (χ0) is 22.4. The van der Waals surface area contributed by atoms with Gasteiger partial charge in [-0.2, -0.15) is 21.4 Å². The van der Waals surface area contributed by atoms with E-state index in [2.05, 4.69) is 33.1 Å². The minimum absolute atomic E-state index is 0.120. The Morgan fingerprint density at radius 3 is 2.48 bits per heavy atom. The zero-order valence-electron chi connectivity index (χ0n) is 17.0. The van der Waals surface area contributed by atoms with E-state index in [1.807, 2.05) is 24.3 Å². The number of nitrogens with zero attached hydrogens (tertiary/aromatic N) is 6. The third-order valence-electron chi connectivity index (χ3n) is 4.59. The fourth-order valence-corrected chi connectivity index (χ4v) is 3.83. The number of hydrogen-bond acceptors (Lipinski definition) is 8. The quantitative estimate of drug-likeness (QED) is 0.493. The highest BCUT2D eigenvalue weighted by atomic mass is 32.2. The fraction of sp³-hybridized carbons (Fsp3) is 0.190. The normalized spacial score (nSPS) is 11.4. The number of nitrogens with two attached hydrogens (primary N) is 2. The summed E-state index contributed by atoms with van der Waals surface area (Å²) < 4.78 is 15.3. The van der Waals surface area contributed by atoms with E-state index < -0.39 is 0 Å². The summed E-state index contributed by atoms with van der Waals surface area (Å²) >= 11 is 1.79. The van der Waals surface area contributed by atoms with Crippen LogP contribution >= 0.6 is 11.8 Å². The number of fused-ring (bicyclic) bond motifs is 1. The van der Waals surface area contributed by atoms with E-state index in [1.165, 1.54) is 16.9 Å². The van der Waals surface area contributed by atoms with Gasteiger partial charge in [0.25, 0.3) is 0 Å². The molecule has 0 amide bonds. The minimum Gasteiger partial charge on any atom is -0.382 e. The van der Waals surface area contributed by atoms with Crippen molar-refractivity contribution >= 4 is 29.0 Å². The van der Waals surface area contributed by atoms with Gasteiger partial charge in [-0.3, -0.25) is 9.38 Å². The molecule has 4 aromatic rings. The first-order valence-corrected chi connectivity index (χ1v) is 10.7. The van der Waals surface area contributed by atoms with Crippen LogP contribution in [0.1, 0.15) is 29.7 Å². The van der Waals surface area contributed by atoms with E-state index in [1.54, 1.807) is 30.2 Å². The van der Waals surface area contributed by atoms with Crippen molar-refractivity contribution in [1.82, 2.24) is 24.3 Å². The average molecular weight is 437 g/mol. The predicted molar refractivity (Wildman–Crippen MR) is 120 cm³/mol. The van der Waals surface area contributed by atoms with Gasteiger partial charge in [-0.25, -0.2) is 15.0 Å². The molecule has 0 bridgehead atoms. The molecular weight excluding hydrogens is 415 g/mol. The van der Waals surface area contributed by atoms with E-state index in [9.17, 15) is 4.39 Å². The van der Waals surface area contributed by atoms with Gasteiger partial charge < -0.3 is 11.5 Å². The van der Waals surface area contributed by atoms with Gasteiger partial charge in [-0.05, 0) is 36.4 Å². The van der Waals surface area contributed by atoms with Crippen LogP contribution in [0.3, 0.4) is 0 Å². The highest BCUT2D eigenvalue weighted by Gasteiger charge is 2.17. The number of halogens is 1. The summed E-state index contributed by atoms with van der Waals surface area (Å²) in [5, 5.41) is 8.75. The van der Waals surface area contributed by atoms with Gasteiger partial charge in [-0.15, -0.1) is 0 Å². The van der Waals surface area contributed by atoms with Crippen molar-refractivity contribution in [3.63, 3.8) is 0 Å². The Hall–Kier alpha value is -3.71. The molecule has 0 radical (unpaired) electrons. The number of imidazole rings is 1. The molecule has 0 fully saturated rings. The maximum atomic E-state index is 13.8. The van der Waals surface area contributed by atoms with Gasteiger partial charge in [0, 0.05) is 23.2 Å². The van der Waals surface area contributed by atoms with E-state index in [4.69, 9.17) is 16.7 Å². The summed E-state index contributed by atoms with van der Waals surface area (Å²) in [6, 6.07) is 9.53. The second-order valence-electron chi connectivity index (χ2n) is 6.43. The molecule has 1 atom stereocenters. The van der Waals surface area contributed by atoms with Gasteiger partial charge in [0.1, 0.15) is 35.2 Å². The van der Waals surface area contributed by atoms with Crippen molar-refractivity contribution in [2.24, 2.45) is 0 Å². The minimum atomic E-state index is -0.356. The Morgan fingerprint density at radius 1 is 1.19 bits per heavy atom. The lowest BCUT2D eigenvalue weighted by Crippen LogP contribution is -2.01. The lowest BCUT2D eigenvalue weighted by Gasteiger charge is -2.17. The smallest absolute Gasteiger partial charge is 0.217 e. The van der Waals surface area contributed by atoms with Crippen LogP contribution in [-0.4, -0.2) is 30.6 Å². The lowest BCUT2D eigenvalue weighted by molar-refractivity contribution is 0.573. The third-order valence-corrected chi connectivity index (χ3v) is 5.75. The molecule has 10 heteroatoms. The predicted octanol–water partition coefficient (Wildman–Crippen LogP) is 3.86. The summed E-state index contributed by atoms with van der Waals surface area (Å²) in [5.74, 6) is -0.115. The van der Waals surface area contributed by atoms with Gasteiger partial charge in [0.05, 0.1) is 11.9 Å². The molecule has 31 heavy (non-hydrogen) atoms. The molecule has 0 aliphatic carbocycles. The number of nitrogen functional groups attached to an aromatic ring is 2. The first kappa shape index (κ1) is 22.0. The maximum absolute atomic E-state index is 13.8. The number of anilines is 2. The van der Waals surface area contributed by atoms with Crippen LogP contribution < -0.4 is 11.5 Å². The topological polar surface area (TPSA) is 132 Å². The highest BCUT2D eigenvalue weighted by molar-refractivity contribution is 7.98. The number of hydrogen-bond donors (Lipinski definition) is 2. The van der Waals surface area contributed by atoms with Crippen molar-refractivity contribution in [3.05, 3.63) is 66.3 Å². The molecular formula is C21H21FN8S. The molecule has 158 valence electrons. The molecule has 4 heterocycles. The molecule has 0 saturated carbocycles. The van der Waals surface area contributed by atoms with Crippen LogP contribution in [0.5, 0.6) is 0 Å². The molecule has 4 aromatic heterocycles. The molecule has 0 aromatic carbocycles. The fourth-order valence-electron chi connectivity index (χ4n) is 3.05. The third kappa shape index (κ3) is 4.73. The molecule has 0 saturated heterocycles. The summed E-state index contributed by atoms with van der Waals surface area (Å²) in [4.78, 5) is 15.7. The van der Waals surface area contributed by atoms with Crippen LogP contribution in [0.15, 0.2) is 49.2 Å². The number of pyridine rings is 2. The number of thioether (sulfide) groups is 1. The summed E-state index contributed by atoms with van der Waals surface area (Å²) in [6.07, 6.45) is 9.11. The first-order valence-electron chi connectivity index (χ1n) is 9.36. The molecule has 0 aliphatic heterocycles. The molecule has 0 aliphatic rings. The first-order chi connectivity index (χ1) is 15.0. The van der Waals surface area contributed by atoms with Crippen molar-refractivity contribution in [2.45, 2.75) is 18.6 Å². The Kier molecular flexibility index (Phi) is 6.99. The highest BCUT2D eigenvalue weighted by Crippen LogP contribution is 2.37. The van der Waals surface area contributed by atoms with Crippen LogP contribution in [0.4, 0.5) is 16.0 Å². The van der Waals surface area contributed by atoms with E-state index in [0.717, 1.165) is 23.2 Å². The van der Waals surface area contributed by atoms with Crippen molar-refractivity contribution in [2.75, 3.05) is 17.7 Å². The van der Waals surface area contributed by atoms with Gasteiger partial charge in [-0.1, -0.05) is 13.0 Å². The van der Waals surface area contributed by atoms with Crippen LogP contribution in [0.2, 0.25) is 0 Å². The molecule has 4 N–H and O–H groups in total. The number of nitriles is 1. The van der Waals surface area contributed by atoms with E-state index in [-0.39, 0.29) is 23.1 Å². The Labute approximate surface area is 183 Å². The Bertz CT molecular complexity index is 1200. The van der Waals surface area contributed by atoms with Crippen LogP contribution in [-0.2, 0) is 0 Å². The van der Waals surface area contributed by atoms with Crippen LogP contribution in [0, 0.1) is 17.3 Å². The average Bonchev–Trinajstić information content (AvgIpc) is 3.15. The summed E-state index contributed by atoms with van der Waals surface area (Å²) in [7, 11) is 0. The number of rotatable bonds is 4. The standard InChI is InChI=1S/C16H16FN3S.C5H5N5/c1-3-14(21-2)11-8-16-19-9-15(17)20(16)10-12(11)13-6-4-5-7-18-13;6-1-3-4(7)9-2-10-5(3)8/h4-10,14H,3H2,1-2H3;2H,(H4,7,8,9,10). The van der Waals surface area contributed by atoms with Crippen LogP contribution in [0.25, 0.3) is 16.9 Å². The number of aromatic nitrogens is 5. The Balaban J connectivity index is 0.000000229. The van der Waals surface area contributed by atoms with Gasteiger partial charge in [0.15, 0.2) is 0 Å². The van der Waals surface area contributed by atoms with Gasteiger partial charge in [0.2, 0.25) is 5.95 Å². The molecule has 1 unspecified atom stereocenters. The second kappa shape index (κ2) is 9.86. The van der Waals surface area contributed by atoms with E-state index in [0.29, 0.717) is 10.9 Å². The van der Waals surface area contributed by atoms with Gasteiger partial charge >= 0.3 is 0 Å². The van der Waals surface area contributed by atoms with E-state index >= 15 is 0 Å². The largest absolute Gasteiger partial charge is 0.382 e. The lowest BCUT2D eigenvalue weighted by atomic mass is 10.0. The van der Waals surface area contributed by atoms with Crippen molar-refractivity contribution < 1.29 is 4.39 Å². The summed E-state index contributed by atoms with van der Waals surface area (Å²) in [6.45, 7) is 2.15. The molecule has 0 spiro atoms. The monoisotopic (exact) mass is 436 g/mol. The second-order valence-corrected chi connectivity index (χ2v) is 7.47. The molecule has 8 nitrogen and oxygen atoms in total. The summed E-state index contributed by atoms with van der Waals surface area (Å²) in [5.41, 5.74) is 14.3. The zero-order valence-corrected chi connectivity index (χ0v) is 17.8. The maximum Gasteiger partial charge on any atom is 0.217 e.